The molecule has 140 valence electrons. The van der Waals surface area contributed by atoms with Crippen LogP contribution in [0.5, 0.6) is 0 Å². The summed E-state index contributed by atoms with van der Waals surface area (Å²) in [5, 5.41) is 8.82. The van der Waals surface area contributed by atoms with Gasteiger partial charge in [-0.05, 0) is 60.6 Å². The van der Waals surface area contributed by atoms with E-state index in [2.05, 4.69) is 19.1 Å². The Balaban J connectivity index is 1.52. The van der Waals surface area contributed by atoms with Gasteiger partial charge in [0, 0.05) is 30.5 Å². The van der Waals surface area contributed by atoms with E-state index in [1.54, 1.807) is 11.5 Å². The van der Waals surface area contributed by atoms with Gasteiger partial charge in [-0.15, -0.1) is 0 Å². The quantitative estimate of drug-likeness (QED) is 0.650. The van der Waals surface area contributed by atoms with Crippen molar-refractivity contribution in [2.75, 3.05) is 6.54 Å². The van der Waals surface area contributed by atoms with E-state index in [9.17, 15) is 9.59 Å². The van der Waals surface area contributed by atoms with Crippen LogP contribution in [0, 0.1) is 12.3 Å². The summed E-state index contributed by atoms with van der Waals surface area (Å²) >= 11 is 0. The molecule has 2 amide bonds. The molecule has 0 radical (unpaired) electrons. The Kier molecular flexibility index (Phi) is 4.48. The minimum atomic E-state index is -0.487. The van der Waals surface area contributed by atoms with Crippen LogP contribution in [-0.2, 0) is 24.2 Å². The van der Waals surface area contributed by atoms with Crippen molar-refractivity contribution in [1.29, 1.82) is 0 Å². The molecule has 27 heavy (non-hydrogen) atoms. The SMILES string of the molecule is Cc1ccccc1CN1C[C@@]2(CCc3cc(C(=O)NO)ccc3C2)CC1=O. The molecule has 2 aromatic rings. The molecule has 0 aromatic heterocycles. The Bertz CT molecular complexity index is 908. The minimum absolute atomic E-state index is 0.00643. The maximum absolute atomic E-state index is 12.7. The zero-order valence-corrected chi connectivity index (χ0v) is 15.5. The highest BCUT2D eigenvalue weighted by Gasteiger charge is 2.44. The molecule has 1 atom stereocenters. The van der Waals surface area contributed by atoms with Gasteiger partial charge in [0.05, 0.1) is 0 Å². The third-order valence-corrected chi connectivity index (χ3v) is 6.09. The van der Waals surface area contributed by atoms with E-state index in [1.165, 1.54) is 16.7 Å². The standard InChI is InChI=1S/C22H24N2O3/c1-15-4-2-3-5-19(15)13-24-14-22(12-20(24)25)9-8-16-10-17(21(26)23-27)6-7-18(16)11-22/h2-7,10,27H,8-9,11-14H2,1H3,(H,23,26)/t22-/m1/s1. The number of likely N-dealkylation sites (tertiary alicyclic amines) is 1. The van der Waals surface area contributed by atoms with Crippen molar-refractivity contribution in [2.24, 2.45) is 5.41 Å². The maximum Gasteiger partial charge on any atom is 0.274 e. The van der Waals surface area contributed by atoms with Crippen LogP contribution >= 0.6 is 0 Å². The average molecular weight is 364 g/mol. The van der Waals surface area contributed by atoms with E-state index < -0.39 is 5.91 Å². The lowest BCUT2D eigenvalue weighted by molar-refractivity contribution is -0.128. The molecule has 1 aliphatic carbocycles. The number of amides is 2. The highest BCUT2D eigenvalue weighted by Crippen LogP contribution is 2.43. The van der Waals surface area contributed by atoms with Crippen LogP contribution in [0.4, 0.5) is 0 Å². The Morgan fingerprint density at radius 3 is 2.78 bits per heavy atom. The second-order valence-corrected chi connectivity index (χ2v) is 7.95. The topological polar surface area (TPSA) is 69.6 Å². The van der Waals surface area contributed by atoms with Crippen LogP contribution in [-0.4, -0.2) is 28.5 Å². The average Bonchev–Trinajstić information content (AvgIpc) is 2.97. The summed E-state index contributed by atoms with van der Waals surface area (Å²) in [5.41, 5.74) is 6.93. The third-order valence-electron chi connectivity index (χ3n) is 6.09. The predicted octanol–water partition coefficient (Wildman–Crippen LogP) is 3.02. The lowest BCUT2D eigenvalue weighted by Gasteiger charge is -2.34. The van der Waals surface area contributed by atoms with Gasteiger partial charge in [0.25, 0.3) is 5.91 Å². The lowest BCUT2D eigenvalue weighted by atomic mass is 9.70. The normalized spacial score (nSPS) is 21.4. The molecule has 1 fully saturated rings. The molecule has 0 bridgehead atoms. The predicted molar refractivity (Wildman–Crippen MR) is 101 cm³/mol. The molecule has 4 rings (SSSR count). The van der Waals surface area contributed by atoms with Gasteiger partial charge < -0.3 is 4.90 Å². The lowest BCUT2D eigenvalue weighted by Crippen LogP contribution is -2.33. The Hall–Kier alpha value is -2.66. The molecule has 0 saturated carbocycles. The molecule has 5 nitrogen and oxygen atoms in total. The summed E-state index contributed by atoms with van der Waals surface area (Å²) in [6, 6.07) is 13.8. The number of rotatable bonds is 3. The Morgan fingerprint density at radius 1 is 1.19 bits per heavy atom. The van der Waals surface area contributed by atoms with E-state index >= 15 is 0 Å². The zero-order valence-electron chi connectivity index (χ0n) is 15.5. The van der Waals surface area contributed by atoms with E-state index in [0.717, 1.165) is 31.4 Å². The summed E-state index contributed by atoms with van der Waals surface area (Å²) in [5.74, 6) is -0.253. The van der Waals surface area contributed by atoms with Gasteiger partial charge in [-0.25, -0.2) is 5.48 Å². The molecular formula is C22H24N2O3. The Labute approximate surface area is 159 Å². The third kappa shape index (κ3) is 3.35. The first-order chi connectivity index (χ1) is 13.0. The van der Waals surface area contributed by atoms with Gasteiger partial charge >= 0.3 is 0 Å². The zero-order chi connectivity index (χ0) is 19.0. The fraction of sp³-hybridized carbons (Fsp3) is 0.364. The van der Waals surface area contributed by atoms with E-state index in [4.69, 9.17) is 5.21 Å². The van der Waals surface area contributed by atoms with Gasteiger partial charge in [-0.1, -0.05) is 30.3 Å². The van der Waals surface area contributed by atoms with Crippen molar-refractivity contribution in [2.45, 2.75) is 39.2 Å². The van der Waals surface area contributed by atoms with Crippen molar-refractivity contribution in [3.63, 3.8) is 0 Å². The number of nitrogens with one attached hydrogen (secondary N) is 1. The summed E-state index contributed by atoms with van der Waals surface area (Å²) in [6.07, 6.45) is 3.25. The van der Waals surface area contributed by atoms with Crippen LogP contribution in [0.3, 0.4) is 0 Å². The molecule has 5 heteroatoms. The number of hydrogen-bond donors (Lipinski definition) is 2. The van der Waals surface area contributed by atoms with Gasteiger partial charge in [0.15, 0.2) is 0 Å². The monoisotopic (exact) mass is 364 g/mol. The molecule has 2 N–H and O–H groups in total. The van der Waals surface area contributed by atoms with Crippen molar-refractivity contribution in [1.82, 2.24) is 10.4 Å². The molecular weight excluding hydrogens is 340 g/mol. The fourth-order valence-corrected chi connectivity index (χ4v) is 4.53. The second kappa shape index (κ2) is 6.82. The van der Waals surface area contributed by atoms with Crippen molar-refractivity contribution in [3.8, 4) is 0 Å². The number of fused-ring (bicyclic) bond motifs is 1. The molecule has 1 spiro atoms. The van der Waals surface area contributed by atoms with Crippen molar-refractivity contribution < 1.29 is 14.8 Å². The first kappa shape index (κ1) is 17.7. The molecule has 2 aromatic carbocycles. The van der Waals surface area contributed by atoms with Gasteiger partial charge in [-0.2, -0.15) is 0 Å². The highest BCUT2D eigenvalue weighted by molar-refractivity contribution is 5.93. The smallest absolute Gasteiger partial charge is 0.274 e. The number of nitrogens with zero attached hydrogens (tertiary/aromatic N) is 1. The number of carbonyl (C=O) groups excluding carboxylic acids is 2. The molecule has 1 saturated heterocycles. The van der Waals surface area contributed by atoms with Crippen molar-refractivity contribution in [3.05, 3.63) is 70.3 Å². The van der Waals surface area contributed by atoms with Crippen LogP contribution in [0.25, 0.3) is 0 Å². The highest BCUT2D eigenvalue weighted by atomic mass is 16.5. The van der Waals surface area contributed by atoms with Crippen LogP contribution in [0.15, 0.2) is 42.5 Å². The molecule has 2 aliphatic rings. The molecule has 0 unspecified atom stereocenters. The summed E-state index contributed by atoms with van der Waals surface area (Å²) in [6.45, 7) is 3.55. The number of hydrogen-bond acceptors (Lipinski definition) is 3. The van der Waals surface area contributed by atoms with E-state index in [0.29, 0.717) is 18.5 Å². The van der Waals surface area contributed by atoms with E-state index in [-0.39, 0.29) is 11.3 Å². The van der Waals surface area contributed by atoms with Gasteiger partial charge in [-0.3, -0.25) is 14.8 Å². The number of benzene rings is 2. The first-order valence-electron chi connectivity index (χ1n) is 9.38. The summed E-state index contributed by atoms with van der Waals surface area (Å²) in [4.78, 5) is 26.3. The second-order valence-electron chi connectivity index (χ2n) is 7.95. The van der Waals surface area contributed by atoms with Crippen molar-refractivity contribution >= 4 is 11.8 Å². The largest absolute Gasteiger partial charge is 0.338 e. The number of hydroxylamine groups is 1. The fourth-order valence-electron chi connectivity index (χ4n) is 4.53. The molecule has 1 heterocycles. The van der Waals surface area contributed by atoms with Crippen LogP contribution in [0.1, 0.15) is 45.5 Å². The number of carbonyl (C=O) groups is 2. The van der Waals surface area contributed by atoms with Gasteiger partial charge in [0.2, 0.25) is 5.91 Å². The number of aryl methyl sites for hydroxylation is 2. The van der Waals surface area contributed by atoms with Crippen LogP contribution in [0.2, 0.25) is 0 Å². The Morgan fingerprint density at radius 2 is 2.00 bits per heavy atom. The summed E-state index contributed by atoms with van der Waals surface area (Å²) in [7, 11) is 0. The first-order valence-corrected chi connectivity index (χ1v) is 9.38. The maximum atomic E-state index is 12.7. The molecule has 1 aliphatic heterocycles. The van der Waals surface area contributed by atoms with Gasteiger partial charge in [0.1, 0.15) is 0 Å². The minimum Gasteiger partial charge on any atom is -0.338 e. The van der Waals surface area contributed by atoms with Crippen LogP contribution < -0.4 is 5.48 Å². The summed E-state index contributed by atoms with van der Waals surface area (Å²) < 4.78 is 0. The van der Waals surface area contributed by atoms with E-state index in [1.807, 2.05) is 29.2 Å².